The van der Waals surface area contributed by atoms with Crippen LogP contribution in [0.4, 0.5) is 4.39 Å². The van der Waals surface area contributed by atoms with Crippen LogP contribution in [-0.4, -0.2) is 25.6 Å². The van der Waals surface area contributed by atoms with Gasteiger partial charge in [-0.1, -0.05) is 12.1 Å². The molecule has 0 aliphatic heterocycles. The minimum absolute atomic E-state index is 0.391. The molecule has 0 aliphatic rings. The summed E-state index contributed by atoms with van der Waals surface area (Å²) < 4.78 is 15.0. The highest BCUT2D eigenvalue weighted by Gasteiger charge is 2.23. The van der Waals surface area contributed by atoms with Gasteiger partial charge in [-0.2, -0.15) is 0 Å². The molecule has 1 N–H and O–H groups in total. The first-order valence-electron chi connectivity index (χ1n) is 6.80. The number of pyridine rings is 1. The number of rotatable bonds is 3. The fourth-order valence-corrected chi connectivity index (χ4v) is 2.39. The van der Waals surface area contributed by atoms with Gasteiger partial charge in [0.25, 0.3) is 0 Å². The summed E-state index contributed by atoms with van der Waals surface area (Å²) in [7, 11) is 0. The van der Waals surface area contributed by atoms with Gasteiger partial charge in [-0.05, 0) is 37.6 Å². The van der Waals surface area contributed by atoms with Gasteiger partial charge in [-0.15, -0.1) is 0 Å². The number of carbonyl (C=O) groups is 1. The third-order valence-corrected chi connectivity index (χ3v) is 3.49. The highest BCUT2D eigenvalue weighted by atomic mass is 19.1. The Hall–Kier alpha value is -2.76. The maximum Gasteiger partial charge on any atom is 0.326 e. The summed E-state index contributed by atoms with van der Waals surface area (Å²) in [5.41, 5.74) is 2.50. The number of hydrogen-bond acceptors (Lipinski definition) is 3. The van der Waals surface area contributed by atoms with Gasteiger partial charge >= 0.3 is 5.97 Å². The number of aryl methyl sites for hydroxylation is 1. The first kappa shape index (κ1) is 14.2. The van der Waals surface area contributed by atoms with Crippen molar-refractivity contribution >= 4 is 17.1 Å². The van der Waals surface area contributed by atoms with Crippen LogP contribution in [0, 0.1) is 12.7 Å². The maximum absolute atomic E-state index is 13.5. The van der Waals surface area contributed by atoms with E-state index in [4.69, 9.17) is 0 Å². The second kappa shape index (κ2) is 5.22. The highest BCUT2D eigenvalue weighted by molar-refractivity contribution is 5.82. The van der Waals surface area contributed by atoms with Crippen molar-refractivity contribution in [1.29, 1.82) is 0 Å². The summed E-state index contributed by atoms with van der Waals surface area (Å²) in [5.74, 6) is -1.01. The Morgan fingerprint density at radius 1 is 1.36 bits per heavy atom. The van der Waals surface area contributed by atoms with Crippen molar-refractivity contribution in [3.8, 4) is 11.4 Å². The molecule has 0 saturated heterocycles. The molecule has 1 unspecified atom stereocenters. The number of fused-ring (bicyclic) bond motifs is 1. The molecular formula is C16H14FN3O2. The first-order chi connectivity index (χ1) is 10.5. The number of imidazole rings is 1. The summed E-state index contributed by atoms with van der Waals surface area (Å²) in [4.78, 5) is 20.2. The highest BCUT2D eigenvalue weighted by Crippen LogP contribution is 2.28. The zero-order valence-electron chi connectivity index (χ0n) is 12.1. The molecular weight excluding hydrogens is 285 g/mol. The van der Waals surface area contributed by atoms with Gasteiger partial charge in [0.15, 0.2) is 5.65 Å². The molecule has 0 spiro atoms. The normalized spacial score (nSPS) is 12.5. The standard InChI is InChI=1S/C16H14FN3O2/c1-9-6-13-15(18-8-9)20(10(2)16(21)22)14(19-13)11-4-3-5-12(17)7-11/h3-8,10H,1-2H3,(H,21,22). The maximum atomic E-state index is 13.5. The number of carboxylic acids is 1. The van der Waals surface area contributed by atoms with Gasteiger partial charge in [0.2, 0.25) is 0 Å². The summed E-state index contributed by atoms with van der Waals surface area (Å²) in [5, 5.41) is 9.34. The van der Waals surface area contributed by atoms with Crippen LogP contribution >= 0.6 is 0 Å². The van der Waals surface area contributed by atoms with E-state index in [0.717, 1.165) is 5.56 Å². The van der Waals surface area contributed by atoms with Gasteiger partial charge in [-0.3, -0.25) is 4.57 Å². The minimum atomic E-state index is -1.00. The molecule has 3 aromatic rings. The number of nitrogens with zero attached hydrogens (tertiary/aromatic N) is 3. The summed E-state index contributed by atoms with van der Waals surface area (Å²) in [6, 6.07) is 6.90. The molecule has 5 nitrogen and oxygen atoms in total. The Kier molecular flexibility index (Phi) is 3.36. The monoisotopic (exact) mass is 299 g/mol. The third-order valence-electron chi connectivity index (χ3n) is 3.49. The van der Waals surface area contributed by atoms with Gasteiger partial charge < -0.3 is 5.11 Å². The molecule has 22 heavy (non-hydrogen) atoms. The number of hydrogen-bond donors (Lipinski definition) is 1. The molecule has 2 heterocycles. The Balaban J connectivity index is 2.33. The first-order valence-corrected chi connectivity index (χ1v) is 6.80. The van der Waals surface area contributed by atoms with Crippen LogP contribution in [0.25, 0.3) is 22.6 Å². The lowest BCUT2D eigenvalue weighted by Crippen LogP contribution is -2.17. The van der Waals surface area contributed by atoms with E-state index in [9.17, 15) is 14.3 Å². The van der Waals surface area contributed by atoms with Gasteiger partial charge in [0.05, 0.1) is 0 Å². The average Bonchev–Trinajstić information content (AvgIpc) is 2.84. The molecule has 6 heteroatoms. The number of aliphatic carboxylic acids is 1. The molecule has 1 aromatic carbocycles. The van der Waals surface area contributed by atoms with Crippen molar-refractivity contribution in [2.24, 2.45) is 0 Å². The Labute approximate surface area is 126 Å². The summed E-state index contributed by atoms with van der Waals surface area (Å²) >= 11 is 0. The van der Waals surface area contributed by atoms with Gasteiger partial charge in [0, 0.05) is 11.8 Å². The summed E-state index contributed by atoms with van der Waals surface area (Å²) in [6.45, 7) is 3.43. The minimum Gasteiger partial charge on any atom is -0.480 e. The van der Waals surface area contributed by atoms with Crippen LogP contribution in [0.2, 0.25) is 0 Å². The van der Waals surface area contributed by atoms with Crippen molar-refractivity contribution in [2.45, 2.75) is 19.9 Å². The average molecular weight is 299 g/mol. The Morgan fingerprint density at radius 3 is 2.82 bits per heavy atom. The second-order valence-corrected chi connectivity index (χ2v) is 5.19. The predicted molar refractivity (Wildman–Crippen MR) is 80.0 cm³/mol. The van der Waals surface area contributed by atoms with E-state index in [2.05, 4.69) is 9.97 Å². The molecule has 0 amide bonds. The van der Waals surface area contributed by atoms with Crippen LogP contribution in [0.1, 0.15) is 18.5 Å². The molecule has 112 valence electrons. The largest absolute Gasteiger partial charge is 0.480 e. The Bertz CT molecular complexity index is 873. The van der Waals surface area contributed by atoms with E-state index < -0.39 is 17.8 Å². The van der Waals surface area contributed by atoms with Crippen LogP contribution in [0.3, 0.4) is 0 Å². The quantitative estimate of drug-likeness (QED) is 0.806. The van der Waals surface area contributed by atoms with Crippen LogP contribution in [0.5, 0.6) is 0 Å². The lowest BCUT2D eigenvalue weighted by molar-refractivity contribution is -0.140. The van der Waals surface area contributed by atoms with E-state index in [1.54, 1.807) is 25.3 Å². The zero-order valence-corrected chi connectivity index (χ0v) is 12.1. The fraction of sp³-hybridized carbons (Fsp3) is 0.188. The van der Waals surface area contributed by atoms with Crippen molar-refractivity contribution in [3.63, 3.8) is 0 Å². The predicted octanol–water partition coefficient (Wildman–Crippen LogP) is 3.19. The smallest absolute Gasteiger partial charge is 0.326 e. The fourth-order valence-electron chi connectivity index (χ4n) is 2.39. The van der Waals surface area contributed by atoms with E-state index in [1.807, 2.05) is 13.0 Å². The van der Waals surface area contributed by atoms with Crippen LogP contribution < -0.4 is 0 Å². The molecule has 0 bridgehead atoms. The zero-order chi connectivity index (χ0) is 15.9. The van der Waals surface area contributed by atoms with Crippen molar-refractivity contribution in [2.75, 3.05) is 0 Å². The lowest BCUT2D eigenvalue weighted by Gasteiger charge is -2.13. The van der Waals surface area contributed by atoms with Crippen LogP contribution in [0.15, 0.2) is 36.5 Å². The van der Waals surface area contributed by atoms with Crippen LogP contribution in [-0.2, 0) is 4.79 Å². The van der Waals surface area contributed by atoms with E-state index in [-0.39, 0.29) is 0 Å². The lowest BCUT2D eigenvalue weighted by atomic mass is 10.2. The summed E-state index contributed by atoms with van der Waals surface area (Å²) in [6.07, 6.45) is 1.66. The molecule has 0 fully saturated rings. The third kappa shape index (κ3) is 2.32. The van der Waals surface area contributed by atoms with Crippen molar-refractivity contribution in [3.05, 3.63) is 47.9 Å². The Morgan fingerprint density at radius 2 is 2.14 bits per heavy atom. The molecule has 2 aromatic heterocycles. The molecule has 0 saturated carbocycles. The number of aromatic nitrogens is 3. The van der Waals surface area contributed by atoms with E-state index in [0.29, 0.717) is 22.6 Å². The molecule has 3 rings (SSSR count). The molecule has 0 aliphatic carbocycles. The van der Waals surface area contributed by atoms with Crippen molar-refractivity contribution in [1.82, 2.24) is 14.5 Å². The topological polar surface area (TPSA) is 68.0 Å². The molecule has 0 radical (unpaired) electrons. The van der Waals surface area contributed by atoms with E-state index in [1.165, 1.54) is 16.7 Å². The second-order valence-electron chi connectivity index (χ2n) is 5.19. The number of carboxylic acid groups (broad SMARTS) is 1. The number of halogens is 1. The number of benzene rings is 1. The SMILES string of the molecule is Cc1cnc2c(c1)nc(-c1cccc(F)c1)n2C(C)C(=O)O. The molecule has 1 atom stereocenters. The van der Waals surface area contributed by atoms with E-state index >= 15 is 0 Å². The van der Waals surface area contributed by atoms with Gasteiger partial charge in [-0.25, -0.2) is 19.2 Å². The van der Waals surface area contributed by atoms with Crippen molar-refractivity contribution < 1.29 is 14.3 Å². The van der Waals surface area contributed by atoms with Gasteiger partial charge in [0.1, 0.15) is 23.2 Å².